The van der Waals surface area contributed by atoms with Gasteiger partial charge in [-0.3, -0.25) is 0 Å². The molecule has 0 fully saturated rings. The lowest BCUT2D eigenvalue weighted by molar-refractivity contribution is -0.139. The quantitative estimate of drug-likeness (QED) is 0.582. The van der Waals surface area contributed by atoms with Crippen molar-refractivity contribution in [1.29, 1.82) is 0 Å². The molecule has 21 heavy (non-hydrogen) atoms. The highest BCUT2D eigenvalue weighted by Gasteiger charge is 2.24. The van der Waals surface area contributed by atoms with Gasteiger partial charge in [0.05, 0.1) is 0 Å². The molecule has 0 spiro atoms. The van der Waals surface area contributed by atoms with Gasteiger partial charge in [-0.15, -0.1) is 6.42 Å². The molecule has 0 saturated carbocycles. The molecule has 0 aliphatic heterocycles. The van der Waals surface area contributed by atoms with Crippen LogP contribution in [-0.4, -0.2) is 28.8 Å². The summed E-state index contributed by atoms with van der Waals surface area (Å²) in [5.74, 6) is 1.15. The number of amides is 1. The summed E-state index contributed by atoms with van der Waals surface area (Å²) < 4.78 is 5.03. The number of carbonyl (C=O) groups is 2. The molecule has 0 aromatic heterocycles. The molecule has 114 valence electrons. The molecule has 0 rings (SSSR count). The summed E-state index contributed by atoms with van der Waals surface area (Å²) in [5, 5.41) is 11.5. The van der Waals surface area contributed by atoms with Crippen LogP contribution in [-0.2, 0) is 9.53 Å². The average molecular weight is 291 g/mol. The Morgan fingerprint density at radius 2 is 2.05 bits per heavy atom. The molecule has 0 radical (unpaired) electrons. The second kappa shape index (κ2) is 7.95. The van der Waals surface area contributed by atoms with Gasteiger partial charge < -0.3 is 15.2 Å². The van der Waals surface area contributed by atoms with E-state index in [1.165, 1.54) is 6.08 Å². The van der Waals surface area contributed by atoms with E-state index in [-0.39, 0.29) is 6.42 Å². The van der Waals surface area contributed by atoms with E-state index < -0.39 is 23.7 Å². The van der Waals surface area contributed by atoms with Crippen molar-refractivity contribution in [2.75, 3.05) is 0 Å². The van der Waals surface area contributed by atoms with Crippen LogP contribution in [0.25, 0.3) is 0 Å². The number of hydrogen-bond donors (Lipinski definition) is 2. The lowest BCUT2D eigenvalue weighted by atomic mass is 10.0. The van der Waals surface area contributed by atoms with E-state index in [1.54, 1.807) is 26.8 Å². The van der Waals surface area contributed by atoms with Gasteiger partial charge in [-0.25, -0.2) is 9.59 Å². The van der Waals surface area contributed by atoms with Crippen LogP contribution in [0.1, 0.15) is 27.2 Å². The van der Waals surface area contributed by atoms with E-state index in [1.807, 2.05) is 0 Å². The number of rotatable bonds is 6. The number of alkyl carbamates (subject to hydrolysis) is 1. The SMILES string of the molecule is C#CC(=C)/C=C(\C=C)CC(NC(=O)OC(C)(C)C)C(=O)O. The minimum Gasteiger partial charge on any atom is -0.480 e. The highest BCUT2D eigenvalue weighted by Crippen LogP contribution is 2.12. The second-order valence-corrected chi connectivity index (χ2v) is 5.33. The highest BCUT2D eigenvalue weighted by atomic mass is 16.6. The maximum atomic E-state index is 11.6. The van der Waals surface area contributed by atoms with Crippen LogP contribution in [0.4, 0.5) is 4.79 Å². The van der Waals surface area contributed by atoms with E-state index >= 15 is 0 Å². The van der Waals surface area contributed by atoms with Gasteiger partial charge in [0.2, 0.25) is 0 Å². The first-order valence-electron chi connectivity index (χ1n) is 6.30. The van der Waals surface area contributed by atoms with Gasteiger partial charge in [0.1, 0.15) is 11.6 Å². The van der Waals surface area contributed by atoms with Gasteiger partial charge in [-0.2, -0.15) is 0 Å². The average Bonchev–Trinajstić information content (AvgIpc) is 2.34. The molecule has 0 saturated heterocycles. The normalized spacial score (nSPS) is 12.8. The number of allylic oxidation sites excluding steroid dienone is 3. The summed E-state index contributed by atoms with van der Waals surface area (Å²) >= 11 is 0. The van der Waals surface area contributed by atoms with Crippen molar-refractivity contribution >= 4 is 12.1 Å². The molecule has 0 bridgehead atoms. The zero-order valence-corrected chi connectivity index (χ0v) is 12.6. The van der Waals surface area contributed by atoms with Gasteiger partial charge in [-0.05, 0) is 32.4 Å². The van der Waals surface area contributed by atoms with Crippen molar-refractivity contribution in [3.63, 3.8) is 0 Å². The third kappa shape index (κ3) is 8.32. The fourth-order valence-corrected chi connectivity index (χ4v) is 1.35. The summed E-state index contributed by atoms with van der Waals surface area (Å²) in [6.45, 7) is 12.3. The minimum absolute atomic E-state index is 0.0266. The molecule has 0 heterocycles. The largest absolute Gasteiger partial charge is 0.480 e. The van der Waals surface area contributed by atoms with Crippen molar-refractivity contribution in [3.05, 3.63) is 36.5 Å². The number of nitrogens with one attached hydrogen (secondary N) is 1. The fraction of sp³-hybridized carbons (Fsp3) is 0.375. The molecule has 2 N–H and O–H groups in total. The zero-order valence-electron chi connectivity index (χ0n) is 12.6. The number of terminal acetylenes is 1. The molecule has 1 unspecified atom stereocenters. The summed E-state index contributed by atoms with van der Waals surface area (Å²) in [6.07, 6.45) is 7.42. The van der Waals surface area contributed by atoms with Gasteiger partial charge in [0, 0.05) is 12.0 Å². The molecule has 0 aliphatic rings. The maximum Gasteiger partial charge on any atom is 0.408 e. The highest BCUT2D eigenvalue weighted by molar-refractivity contribution is 5.80. The molecule has 0 aliphatic carbocycles. The van der Waals surface area contributed by atoms with E-state index in [9.17, 15) is 9.59 Å². The molecule has 5 nitrogen and oxygen atoms in total. The smallest absolute Gasteiger partial charge is 0.408 e. The third-order valence-corrected chi connectivity index (χ3v) is 2.24. The van der Waals surface area contributed by atoms with Crippen LogP contribution in [0.15, 0.2) is 36.5 Å². The second-order valence-electron chi connectivity index (χ2n) is 5.33. The molecule has 5 heteroatoms. The van der Waals surface area contributed by atoms with Gasteiger partial charge in [0.25, 0.3) is 0 Å². The number of carboxylic acids is 1. The molecular formula is C16H21NO4. The van der Waals surface area contributed by atoms with Gasteiger partial charge >= 0.3 is 12.1 Å². The molecular weight excluding hydrogens is 270 g/mol. The van der Waals surface area contributed by atoms with Crippen LogP contribution < -0.4 is 5.32 Å². The molecule has 0 aromatic rings. The maximum absolute atomic E-state index is 11.6. The summed E-state index contributed by atoms with van der Waals surface area (Å²) in [5.41, 5.74) is 0.245. The predicted molar refractivity (Wildman–Crippen MR) is 81.7 cm³/mol. The van der Waals surface area contributed by atoms with E-state index in [2.05, 4.69) is 24.4 Å². The van der Waals surface area contributed by atoms with Crippen LogP contribution in [0.3, 0.4) is 0 Å². The van der Waals surface area contributed by atoms with Crippen LogP contribution in [0.2, 0.25) is 0 Å². The Balaban J connectivity index is 4.93. The minimum atomic E-state index is -1.18. The van der Waals surface area contributed by atoms with E-state index in [0.717, 1.165) is 0 Å². The molecule has 1 atom stereocenters. The molecule has 1 amide bonds. The van der Waals surface area contributed by atoms with Crippen molar-refractivity contribution in [2.45, 2.75) is 38.8 Å². The van der Waals surface area contributed by atoms with E-state index in [4.69, 9.17) is 16.3 Å². The Kier molecular flexibility index (Phi) is 7.01. The lowest BCUT2D eigenvalue weighted by Crippen LogP contribution is -2.43. The third-order valence-electron chi connectivity index (χ3n) is 2.24. The van der Waals surface area contributed by atoms with Crippen LogP contribution in [0.5, 0.6) is 0 Å². The Bertz CT molecular complexity index is 503. The molecule has 0 aromatic carbocycles. The summed E-state index contributed by atoms with van der Waals surface area (Å²) in [4.78, 5) is 22.8. The first-order valence-corrected chi connectivity index (χ1v) is 6.30. The van der Waals surface area contributed by atoms with Crippen molar-refractivity contribution in [1.82, 2.24) is 5.32 Å². The fourth-order valence-electron chi connectivity index (χ4n) is 1.35. The topological polar surface area (TPSA) is 75.6 Å². The monoisotopic (exact) mass is 291 g/mol. The number of ether oxygens (including phenoxy) is 1. The van der Waals surface area contributed by atoms with Gasteiger partial charge in [0.15, 0.2) is 0 Å². The summed E-state index contributed by atoms with van der Waals surface area (Å²) in [7, 11) is 0. The predicted octanol–water partition coefficient (Wildman–Crippen LogP) is 2.66. The zero-order chi connectivity index (χ0) is 16.6. The van der Waals surface area contributed by atoms with Crippen molar-refractivity contribution < 1.29 is 19.4 Å². The summed E-state index contributed by atoms with van der Waals surface area (Å²) in [6, 6.07) is -1.14. The van der Waals surface area contributed by atoms with Gasteiger partial charge in [-0.1, -0.05) is 25.2 Å². The Hall–Kier alpha value is -2.48. The first-order chi connectivity index (χ1) is 9.58. The lowest BCUT2D eigenvalue weighted by Gasteiger charge is -2.22. The number of hydrogen-bond acceptors (Lipinski definition) is 3. The van der Waals surface area contributed by atoms with Crippen LogP contribution in [0, 0.1) is 12.3 Å². The van der Waals surface area contributed by atoms with E-state index in [0.29, 0.717) is 11.1 Å². The Morgan fingerprint density at radius 3 is 2.43 bits per heavy atom. The van der Waals surface area contributed by atoms with Crippen molar-refractivity contribution in [2.24, 2.45) is 0 Å². The number of carboxylic acid groups (broad SMARTS) is 1. The standard InChI is InChI=1S/C16H21NO4/c1-7-11(3)9-12(8-2)10-13(14(18)19)17-15(20)21-16(4,5)6/h1,8-9,13H,2-3,10H2,4-6H3,(H,17,20)(H,18,19)/b12-9+. The Morgan fingerprint density at radius 1 is 1.48 bits per heavy atom. The first kappa shape index (κ1) is 18.5. The number of carbonyl (C=O) groups excluding carboxylic acids is 1. The number of aliphatic carboxylic acids is 1. The van der Waals surface area contributed by atoms with Crippen LogP contribution >= 0.6 is 0 Å². The van der Waals surface area contributed by atoms with Crippen molar-refractivity contribution in [3.8, 4) is 12.3 Å². The Labute approximate surface area is 125 Å².